The molecular weight excluding hydrogens is 222 g/mol. The van der Waals surface area contributed by atoms with E-state index in [0.717, 1.165) is 18.0 Å². The fourth-order valence-corrected chi connectivity index (χ4v) is 1.88. The van der Waals surface area contributed by atoms with Gasteiger partial charge in [0.05, 0.1) is 6.61 Å². The normalized spacial score (nSPS) is 10.1. The van der Waals surface area contributed by atoms with Crippen molar-refractivity contribution in [1.82, 2.24) is 0 Å². The van der Waals surface area contributed by atoms with E-state index in [1.807, 2.05) is 19.1 Å². The molecule has 18 heavy (non-hydrogen) atoms. The molecule has 2 aromatic carbocycles. The smallest absolute Gasteiger partial charge is 0.119 e. The SMILES string of the molecule is CCOc1ccc(NCc2ccccc2)c(C)c1. The van der Waals surface area contributed by atoms with Crippen LogP contribution in [0.15, 0.2) is 48.5 Å². The predicted molar refractivity (Wildman–Crippen MR) is 76.1 cm³/mol. The highest BCUT2D eigenvalue weighted by atomic mass is 16.5. The molecule has 0 aliphatic rings. The molecule has 0 aliphatic carbocycles. The lowest BCUT2D eigenvalue weighted by Gasteiger charge is -2.11. The van der Waals surface area contributed by atoms with Gasteiger partial charge in [0, 0.05) is 12.2 Å². The maximum atomic E-state index is 5.48. The summed E-state index contributed by atoms with van der Waals surface area (Å²) in [5, 5.41) is 3.44. The molecule has 0 radical (unpaired) electrons. The molecule has 2 aromatic rings. The molecule has 2 heteroatoms. The Morgan fingerprint density at radius 3 is 2.50 bits per heavy atom. The lowest BCUT2D eigenvalue weighted by Crippen LogP contribution is -2.01. The average Bonchev–Trinajstić information content (AvgIpc) is 2.39. The van der Waals surface area contributed by atoms with Gasteiger partial charge in [-0.3, -0.25) is 0 Å². The number of hydrogen-bond acceptors (Lipinski definition) is 2. The Hall–Kier alpha value is -1.96. The van der Waals surface area contributed by atoms with Crippen LogP contribution in [0, 0.1) is 6.92 Å². The van der Waals surface area contributed by atoms with Gasteiger partial charge >= 0.3 is 0 Å². The van der Waals surface area contributed by atoms with Gasteiger partial charge in [0.25, 0.3) is 0 Å². The van der Waals surface area contributed by atoms with E-state index in [4.69, 9.17) is 4.74 Å². The monoisotopic (exact) mass is 241 g/mol. The molecule has 0 amide bonds. The molecule has 0 atom stereocenters. The Labute approximate surface area is 109 Å². The van der Waals surface area contributed by atoms with Crippen molar-refractivity contribution in [2.24, 2.45) is 0 Å². The minimum atomic E-state index is 0.705. The molecular formula is C16H19NO. The summed E-state index contributed by atoms with van der Waals surface area (Å²) in [6.45, 7) is 5.64. The Bertz CT molecular complexity index is 494. The molecule has 0 saturated carbocycles. The van der Waals surface area contributed by atoms with E-state index in [9.17, 15) is 0 Å². The van der Waals surface area contributed by atoms with Crippen LogP contribution in [0.5, 0.6) is 5.75 Å². The molecule has 0 saturated heterocycles. The van der Waals surface area contributed by atoms with Crippen molar-refractivity contribution in [2.75, 3.05) is 11.9 Å². The van der Waals surface area contributed by atoms with Gasteiger partial charge in [0.2, 0.25) is 0 Å². The molecule has 0 heterocycles. The van der Waals surface area contributed by atoms with Gasteiger partial charge in [-0.2, -0.15) is 0 Å². The first-order valence-electron chi connectivity index (χ1n) is 6.31. The lowest BCUT2D eigenvalue weighted by molar-refractivity contribution is 0.340. The highest BCUT2D eigenvalue weighted by Crippen LogP contribution is 2.21. The molecule has 0 unspecified atom stereocenters. The van der Waals surface area contributed by atoms with Crippen LogP contribution >= 0.6 is 0 Å². The highest BCUT2D eigenvalue weighted by molar-refractivity contribution is 5.53. The first-order chi connectivity index (χ1) is 8.79. The van der Waals surface area contributed by atoms with Crippen molar-refractivity contribution in [3.05, 3.63) is 59.7 Å². The summed E-state index contributed by atoms with van der Waals surface area (Å²) in [6.07, 6.45) is 0. The summed E-state index contributed by atoms with van der Waals surface area (Å²) in [5.74, 6) is 0.931. The number of aryl methyl sites for hydroxylation is 1. The number of rotatable bonds is 5. The van der Waals surface area contributed by atoms with Crippen molar-refractivity contribution in [3.8, 4) is 5.75 Å². The Morgan fingerprint density at radius 2 is 1.83 bits per heavy atom. The minimum Gasteiger partial charge on any atom is -0.494 e. The molecule has 0 bridgehead atoms. The first kappa shape index (κ1) is 12.5. The van der Waals surface area contributed by atoms with Crippen molar-refractivity contribution < 1.29 is 4.74 Å². The second kappa shape index (κ2) is 6.10. The molecule has 0 spiro atoms. The van der Waals surface area contributed by atoms with Crippen molar-refractivity contribution in [3.63, 3.8) is 0 Å². The molecule has 0 aromatic heterocycles. The van der Waals surface area contributed by atoms with Gasteiger partial charge in [-0.25, -0.2) is 0 Å². The van der Waals surface area contributed by atoms with E-state index in [0.29, 0.717) is 6.61 Å². The van der Waals surface area contributed by atoms with Crippen LogP contribution in [-0.2, 0) is 6.54 Å². The zero-order chi connectivity index (χ0) is 12.8. The summed E-state index contributed by atoms with van der Waals surface area (Å²) in [7, 11) is 0. The largest absolute Gasteiger partial charge is 0.494 e. The third-order valence-electron chi connectivity index (χ3n) is 2.83. The van der Waals surface area contributed by atoms with Crippen molar-refractivity contribution >= 4 is 5.69 Å². The fourth-order valence-electron chi connectivity index (χ4n) is 1.88. The summed E-state index contributed by atoms with van der Waals surface area (Å²) >= 11 is 0. The lowest BCUT2D eigenvalue weighted by atomic mass is 10.1. The number of hydrogen-bond donors (Lipinski definition) is 1. The predicted octanol–water partition coefficient (Wildman–Crippen LogP) is 4.01. The van der Waals surface area contributed by atoms with Gasteiger partial charge in [-0.1, -0.05) is 30.3 Å². The van der Waals surface area contributed by atoms with Crippen LogP contribution < -0.4 is 10.1 Å². The molecule has 2 rings (SSSR count). The van der Waals surface area contributed by atoms with Crippen LogP contribution in [-0.4, -0.2) is 6.61 Å². The summed E-state index contributed by atoms with van der Waals surface area (Å²) in [6, 6.07) is 16.5. The summed E-state index contributed by atoms with van der Waals surface area (Å²) in [5.41, 5.74) is 3.64. The van der Waals surface area contributed by atoms with Crippen molar-refractivity contribution in [2.45, 2.75) is 20.4 Å². The second-order valence-corrected chi connectivity index (χ2v) is 4.25. The van der Waals surface area contributed by atoms with Crippen LogP contribution in [0.25, 0.3) is 0 Å². The topological polar surface area (TPSA) is 21.3 Å². The quantitative estimate of drug-likeness (QED) is 0.854. The van der Waals surface area contributed by atoms with Gasteiger partial charge in [0.1, 0.15) is 5.75 Å². The van der Waals surface area contributed by atoms with Crippen LogP contribution in [0.2, 0.25) is 0 Å². The Balaban J connectivity index is 2.01. The number of nitrogens with one attached hydrogen (secondary N) is 1. The molecule has 94 valence electrons. The summed E-state index contributed by atoms with van der Waals surface area (Å²) in [4.78, 5) is 0. The van der Waals surface area contributed by atoms with Gasteiger partial charge in [-0.05, 0) is 43.2 Å². The Morgan fingerprint density at radius 1 is 1.06 bits per heavy atom. The van der Waals surface area contributed by atoms with Gasteiger partial charge < -0.3 is 10.1 Å². The van der Waals surface area contributed by atoms with Gasteiger partial charge in [-0.15, -0.1) is 0 Å². The first-order valence-corrected chi connectivity index (χ1v) is 6.31. The minimum absolute atomic E-state index is 0.705. The molecule has 1 N–H and O–H groups in total. The molecule has 0 aliphatic heterocycles. The summed E-state index contributed by atoms with van der Waals surface area (Å²) < 4.78 is 5.48. The van der Waals surface area contributed by atoms with E-state index in [-0.39, 0.29) is 0 Å². The third kappa shape index (κ3) is 3.27. The highest BCUT2D eigenvalue weighted by Gasteiger charge is 2.00. The van der Waals surface area contributed by atoms with Crippen LogP contribution in [0.3, 0.4) is 0 Å². The maximum absolute atomic E-state index is 5.48. The molecule has 0 fully saturated rings. The van der Waals surface area contributed by atoms with Crippen LogP contribution in [0.1, 0.15) is 18.1 Å². The second-order valence-electron chi connectivity index (χ2n) is 4.25. The van der Waals surface area contributed by atoms with E-state index < -0.39 is 0 Å². The number of benzene rings is 2. The standard InChI is InChI=1S/C16H19NO/c1-3-18-15-9-10-16(13(2)11-15)17-12-14-7-5-4-6-8-14/h4-11,17H,3,12H2,1-2H3. The Kier molecular flexibility index (Phi) is 4.24. The average molecular weight is 241 g/mol. The number of ether oxygens (including phenoxy) is 1. The fraction of sp³-hybridized carbons (Fsp3) is 0.250. The van der Waals surface area contributed by atoms with E-state index in [1.165, 1.54) is 11.1 Å². The van der Waals surface area contributed by atoms with E-state index in [1.54, 1.807) is 0 Å². The van der Waals surface area contributed by atoms with E-state index in [2.05, 4.69) is 48.6 Å². The third-order valence-corrected chi connectivity index (χ3v) is 2.83. The number of anilines is 1. The van der Waals surface area contributed by atoms with E-state index >= 15 is 0 Å². The molecule has 2 nitrogen and oxygen atoms in total. The zero-order valence-electron chi connectivity index (χ0n) is 10.9. The van der Waals surface area contributed by atoms with Crippen LogP contribution in [0.4, 0.5) is 5.69 Å². The van der Waals surface area contributed by atoms with Crippen molar-refractivity contribution in [1.29, 1.82) is 0 Å². The zero-order valence-corrected chi connectivity index (χ0v) is 10.9. The maximum Gasteiger partial charge on any atom is 0.119 e. The van der Waals surface area contributed by atoms with Gasteiger partial charge in [0.15, 0.2) is 0 Å².